The van der Waals surface area contributed by atoms with Crippen LogP contribution < -0.4 is 5.73 Å². The zero-order valence-electron chi connectivity index (χ0n) is 9.64. The van der Waals surface area contributed by atoms with E-state index in [9.17, 15) is 0 Å². The van der Waals surface area contributed by atoms with Crippen molar-refractivity contribution in [3.8, 4) is 10.6 Å². The van der Waals surface area contributed by atoms with Gasteiger partial charge in [0.25, 0.3) is 0 Å². The van der Waals surface area contributed by atoms with E-state index in [0.29, 0.717) is 5.82 Å². The van der Waals surface area contributed by atoms with Crippen molar-refractivity contribution in [3.63, 3.8) is 0 Å². The van der Waals surface area contributed by atoms with Gasteiger partial charge in [-0.15, -0.1) is 11.3 Å². The van der Waals surface area contributed by atoms with Crippen molar-refractivity contribution in [2.45, 2.75) is 6.92 Å². The van der Waals surface area contributed by atoms with Crippen molar-refractivity contribution in [2.24, 2.45) is 7.05 Å². The van der Waals surface area contributed by atoms with E-state index in [1.165, 1.54) is 10.3 Å². The molecule has 0 bridgehead atoms. The molecule has 0 amide bonds. The maximum atomic E-state index is 5.96. The standard InChI is InChI=1S/C12H12N4S/c1-7-4-3-5-9-10(7)15-12(17-9)8-6-14-16(2)11(8)13/h3-6H,13H2,1-2H3. The monoisotopic (exact) mass is 244 g/mol. The quantitative estimate of drug-likeness (QED) is 0.715. The molecule has 3 rings (SSSR count). The Bertz CT molecular complexity index is 696. The van der Waals surface area contributed by atoms with Gasteiger partial charge >= 0.3 is 0 Å². The van der Waals surface area contributed by atoms with Gasteiger partial charge < -0.3 is 5.73 Å². The summed E-state index contributed by atoms with van der Waals surface area (Å²) in [5.41, 5.74) is 9.11. The van der Waals surface area contributed by atoms with Crippen LogP contribution in [0.2, 0.25) is 0 Å². The first-order chi connectivity index (χ1) is 8.16. The normalized spacial score (nSPS) is 11.2. The highest BCUT2D eigenvalue weighted by Gasteiger charge is 2.13. The summed E-state index contributed by atoms with van der Waals surface area (Å²) in [6.45, 7) is 2.07. The van der Waals surface area contributed by atoms with Gasteiger partial charge in [0.2, 0.25) is 0 Å². The lowest BCUT2D eigenvalue weighted by molar-refractivity contribution is 0.779. The molecule has 0 saturated carbocycles. The summed E-state index contributed by atoms with van der Waals surface area (Å²) < 4.78 is 2.84. The van der Waals surface area contributed by atoms with Crippen molar-refractivity contribution in [3.05, 3.63) is 30.0 Å². The summed E-state index contributed by atoms with van der Waals surface area (Å²) >= 11 is 1.65. The number of nitrogen functional groups attached to an aromatic ring is 1. The zero-order chi connectivity index (χ0) is 12.0. The van der Waals surface area contributed by atoms with Crippen molar-refractivity contribution >= 4 is 27.4 Å². The van der Waals surface area contributed by atoms with Crippen LogP contribution in [0.5, 0.6) is 0 Å². The predicted octanol–water partition coefficient (Wildman–Crippen LogP) is 2.59. The molecule has 2 N–H and O–H groups in total. The van der Waals surface area contributed by atoms with Gasteiger partial charge in [-0.2, -0.15) is 5.10 Å². The summed E-state index contributed by atoms with van der Waals surface area (Å²) in [4.78, 5) is 4.64. The molecule has 5 heteroatoms. The lowest BCUT2D eigenvalue weighted by atomic mass is 10.2. The van der Waals surface area contributed by atoms with Crippen LogP contribution in [0.25, 0.3) is 20.8 Å². The van der Waals surface area contributed by atoms with Gasteiger partial charge in [0.1, 0.15) is 10.8 Å². The summed E-state index contributed by atoms with van der Waals surface area (Å²) in [6.07, 6.45) is 1.77. The van der Waals surface area contributed by atoms with Gasteiger partial charge in [-0.3, -0.25) is 4.68 Å². The predicted molar refractivity (Wildman–Crippen MR) is 71.0 cm³/mol. The maximum Gasteiger partial charge on any atom is 0.131 e. The van der Waals surface area contributed by atoms with E-state index in [2.05, 4.69) is 29.1 Å². The Kier molecular flexibility index (Phi) is 2.16. The SMILES string of the molecule is Cc1cccc2sc(-c3cnn(C)c3N)nc12. The number of nitrogens with two attached hydrogens (primary N) is 1. The third-order valence-corrected chi connectivity index (χ3v) is 3.89. The molecule has 0 unspecified atom stereocenters. The molecule has 86 valence electrons. The molecular weight excluding hydrogens is 232 g/mol. The Hall–Kier alpha value is -1.88. The first-order valence-electron chi connectivity index (χ1n) is 5.31. The van der Waals surface area contributed by atoms with Gasteiger partial charge in [-0.25, -0.2) is 4.98 Å². The number of para-hydroxylation sites is 1. The minimum atomic E-state index is 0.654. The topological polar surface area (TPSA) is 56.7 Å². The third kappa shape index (κ3) is 1.51. The molecule has 17 heavy (non-hydrogen) atoms. The van der Waals surface area contributed by atoms with Crippen LogP contribution in [-0.4, -0.2) is 14.8 Å². The third-order valence-electron chi connectivity index (χ3n) is 2.84. The number of benzene rings is 1. The first kappa shape index (κ1) is 10.3. The second-order valence-electron chi connectivity index (χ2n) is 4.01. The highest BCUT2D eigenvalue weighted by Crippen LogP contribution is 2.33. The second-order valence-corrected chi connectivity index (χ2v) is 5.04. The van der Waals surface area contributed by atoms with Crippen LogP contribution in [0.4, 0.5) is 5.82 Å². The molecule has 0 aliphatic heterocycles. The van der Waals surface area contributed by atoms with Gasteiger partial charge in [0, 0.05) is 7.05 Å². The van der Waals surface area contributed by atoms with E-state index in [1.54, 1.807) is 22.2 Å². The minimum Gasteiger partial charge on any atom is -0.383 e. The fourth-order valence-electron chi connectivity index (χ4n) is 1.81. The van der Waals surface area contributed by atoms with Crippen LogP contribution in [0.3, 0.4) is 0 Å². The number of thiazole rings is 1. The largest absolute Gasteiger partial charge is 0.383 e. The number of rotatable bonds is 1. The summed E-state index contributed by atoms with van der Waals surface area (Å²) in [7, 11) is 1.83. The first-order valence-corrected chi connectivity index (χ1v) is 6.12. The summed E-state index contributed by atoms with van der Waals surface area (Å²) in [6, 6.07) is 6.20. The number of anilines is 1. The average Bonchev–Trinajstić information content (AvgIpc) is 2.85. The number of hydrogen-bond acceptors (Lipinski definition) is 4. The van der Waals surface area contributed by atoms with Gasteiger partial charge in [-0.1, -0.05) is 12.1 Å². The fraction of sp³-hybridized carbons (Fsp3) is 0.167. The Labute approximate surface area is 103 Å². The van der Waals surface area contributed by atoms with Crippen LogP contribution in [0, 0.1) is 6.92 Å². The molecule has 0 radical (unpaired) electrons. The van der Waals surface area contributed by atoms with E-state index in [0.717, 1.165) is 16.1 Å². The molecule has 0 aliphatic rings. The van der Waals surface area contributed by atoms with E-state index < -0.39 is 0 Å². The van der Waals surface area contributed by atoms with Crippen molar-refractivity contribution in [2.75, 3.05) is 5.73 Å². The van der Waals surface area contributed by atoms with Gasteiger partial charge in [0.15, 0.2) is 0 Å². The van der Waals surface area contributed by atoms with Crippen LogP contribution >= 0.6 is 11.3 Å². The number of nitrogens with zero attached hydrogens (tertiary/aromatic N) is 3. The Morgan fingerprint density at radius 2 is 2.18 bits per heavy atom. The number of hydrogen-bond donors (Lipinski definition) is 1. The highest BCUT2D eigenvalue weighted by molar-refractivity contribution is 7.21. The lowest BCUT2D eigenvalue weighted by Crippen LogP contribution is -1.97. The van der Waals surface area contributed by atoms with Crippen LogP contribution in [0.15, 0.2) is 24.4 Å². The Morgan fingerprint density at radius 1 is 1.35 bits per heavy atom. The van der Waals surface area contributed by atoms with Crippen molar-refractivity contribution in [1.82, 2.24) is 14.8 Å². The Morgan fingerprint density at radius 3 is 2.82 bits per heavy atom. The van der Waals surface area contributed by atoms with Crippen molar-refractivity contribution in [1.29, 1.82) is 0 Å². The van der Waals surface area contributed by atoms with Gasteiger partial charge in [0.05, 0.1) is 22.0 Å². The molecule has 0 atom stereocenters. The van der Waals surface area contributed by atoms with E-state index in [-0.39, 0.29) is 0 Å². The molecule has 0 saturated heterocycles. The van der Waals surface area contributed by atoms with Crippen molar-refractivity contribution < 1.29 is 0 Å². The summed E-state index contributed by atoms with van der Waals surface area (Å²) in [5, 5.41) is 5.07. The molecule has 2 aromatic heterocycles. The summed E-state index contributed by atoms with van der Waals surface area (Å²) in [5.74, 6) is 0.654. The molecular formula is C12H12N4S. The number of fused-ring (bicyclic) bond motifs is 1. The molecule has 4 nitrogen and oxygen atoms in total. The maximum absolute atomic E-state index is 5.96. The average molecular weight is 244 g/mol. The van der Waals surface area contributed by atoms with Gasteiger partial charge in [-0.05, 0) is 18.6 Å². The number of aryl methyl sites for hydroxylation is 2. The molecule has 0 spiro atoms. The molecule has 1 aromatic carbocycles. The minimum absolute atomic E-state index is 0.654. The molecule has 0 aliphatic carbocycles. The van der Waals surface area contributed by atoms with E-state index in [4.69, 9.17) is 5.73 Å². The van der Waals surface area contributed by atoms with E-state index in [1.807, 2.05) is 13.1 Å². The molecule has 0 fully saturated rings. The highest BCUT2D eigenvalue weighted by atomic mass is 32.1. The van der Waals surface area contributed by atoms with E-state index >= 15 is 0 Å². The fourth-order valence-corrected chi connectivity index (χ4v) is 2.88. The van der Waals surface area contributed by atoms with Crippen LogP contribution in [-0.2, 0) is 7.05 Å². The zero-order valence-corrected chi connectivity index (χ0v) is 10.5. The Balaban J connectivity index is 2.25. The molecule has 2 heterocycles. The lowest BCUT2D eigenvalue weighted by Gasteiger charge is -1.95. The number of aromatic nitrogens is 3. The second kappa shape index (κ2) is 3.56. The smallest absolute Gasteiger partial charge is 0.131 e. The van der Waals surface area contributed by atoms with Crippen LogP contribution in [0.1, 0.15) is 5.56 Å². The molecule has 3 aromatic rings.